The van der Waals surface area contributed by atoms with Gasteiger partial charge in [-0.25, -0.2) is 0 Å². The summed E-state index contributed by atoms with van der Waals surface area (Å²) >= 11 is 0. The lowest BCUT2D eigenvalue weighted by Crippen LogP contribution is -2.26. The van der Waals surface area contributed by atoms with Crippen LogP contribution in [-0.2, 0) is 4.79 Å². The Hall–Kier alpha value is -0.700. The van der Waals surface area contributed by atoms with Gasteiger partial charge in [-0.2, -0.15) is 0 Å². The van der Waals surface area contributed by atoms with Gasteiger partial charge in [-0.15, -0.1) is 0 Å². The minimum atomic E-state index is 0. The topological polar surface area (TPSA) is 55.4 Å². The molecule has 0 fully saturated rings. The van der Waals surface area contributed by atoms with Gasteiger partial charge in [0.1, 0.15) is 6.29 Å². The first-order valence-corrected chi connectivity index (χ1v) is 6.98. The van der Waals surface area contributed by atoms with E-state index in [1.807, 2.05) is 40.8 Å². The number of nitrogens with two attached hydrogens (primary N) is 1. The lowest BCUT2D eigenvalue weighted by Gasteiger charge is -2.11. The molecule has 116 valence electrons. The van der Waals surface area contributed by atoms with Gasteiger partial charge in [0.25, 0.3) is 0 Å². The van der Waals surface area contributed by atoms with Crippen LogP contribution in [0.4, 0.5) is 0 Å². The SMILES string of the molecule is CC(C)(C)N.CC(C)C=NC(C)(C)C.CC(C)C=O. The van der Waals surface area contributed by atoms with Crippen LogP contribution in [0.5, 0.6) is 0 Å². The van der Waals surface area contributed by atoms with Gasteiger partial charge in [-0.05, 0) is 47.5 Å². The van der Waals surface area contributed by atoms with Gasteiger partial charge in [0.05, 0.1) is 5.54 Å². The lowest BCUT2D eigenvalue weighted by atomic mass is 10.1. The maximum Gasteiger partial charge on any atom is 0.122 e. The van der Waals surface area contributed by atoms with Crippen LogP contribution >= 0.6 is 0 Å². The third kappa shape index (κ3) is 76.0. The van der Waals surface area contributed by atoms with Crippen molar-refractivity contribution in [3.05, 3.63) is 0 Å². The number of carbonyl (C=O) groups excluding carboxylic acids is 1. The summed E-state index contributed by atoms with van der Waals surface area (Å²) in [5, 5.41) is 0. The van der Waals surface area contributed by atoms with E-state index in [-0.39, 0.29) is 17.0 Å². The van der Waals surface area contributed by atoms with E-state index in [0.29, 0.717) is 5.92 Å². The number of aldehydes is 1. The van der Waals surface area contributed by atoms with Crippen molar-refractivity contribution in [2.75, 3.05) is 0 Å². The maximum atomic E-state index is 9.50. The summed E-state index contributed by atoms with van der Waals surface area (Å²) in [7, 11) is 0. The second-order valence-corrected chi connectivity index (χ2v) is 7.44. The fraction of sp³-hybridized carbons (Fsp3) is 0.875. The summed E-state index contributed by atoms with van der Waals surface area (Å²) in [6.45, 7) is 20.2. The standard InChI is InChI=1S/C8H17N.C4H11N.C4H8O/c1-7(2)6-9-8(3,4)5;1-4(2,3)5;1-4(2)3-5/h6-7H,1-5H3;5H2,1-3H3;3-4H,1-2H3. The van der Waals surface area contributed by atoms with Gasteiger partial charge in [-0.3, -0.25) is 4.99 Å². The molecule has 0 spiro atoms. The second-order valence-electron chi connectivity index (χ2n) is 7.44. The van der Waals surface area contributed by atoms with Crippen LogP contribution in [0.15, 0.2) is 4.99 Å². The Balaban J connectivity index is -0.000000219. The Bertz CT molecular complexity index is 224. The van der Waals surface area contributed by atoms with E-state index < -0.39 is 0 Å². The highest BCUT2D eigenvalue weighted by Crippen LogP contribution is 2.05. The third-order valence-electron chi connectivity index (χ3n) is 1.03. The summed E-state index contributed by atoms with van der Waals surface area (Å²) in [6, 6.07) is 0. The van der Waals surface area contributed by atoms with Crippen molar-refractivity contribution in [2.45, 2.75) is 80.3 Å². The first kappa shape index (κ1) is 23.4. The number of hydrogen-bond acceptors (Lipinski definition) is 3. The number of carbonyl (C=O) groups is 1. The molecule has 3 heteroatoms. The van der Waals surface area contributed by atoms with Gasteiger partial charge in [0.15, 0.2) is 0 Å². The highest BCUT2D eigenvalue weighted by molar-refractivity contribution is 5.60. The molecule has 0 radical (unpaired) electrons. The molecule has 3 nitrogen and oxygen atoms in total. The molecule has 0 rings (SSSR count). The highest BCUT2D eigenvalue weighted by Gasteiger charge is 2.04. The molecule has 0 aromatic heterocycles. The van der Waals surface area contributed by atoms with Gasteiger partial charge in [0, 0.05) is 17.7 Å². The minimum Gasteiger partial charge on any atom is -0.326 e. The fourth-order valence-electron chi connectivity index (χ4n) is 0.373. The first-order chi connectivity index (χ1) is 8.19. The van der Waals surface area contributed by atoms with Crippen LogP contribution in [0.1, 0.15) is 69.2 Å². The molecule has 0 saturated carbocycles. The first-order valence-electron chi connectivity index (χ1n) is 6.98. The van der Waals surface area contributed by atoms with Crippen molar-refractivity contribution >= 4 is 12.5 Å². The average Bonchev–Trinajstić information content (AvgIpc) is 2.12. The molecule has 0 aromatic rings. The molecule has 0 heterocycles. The van der Waals surface area contributed by atoms with Crippen molar-refractivity contribution in [3.63, 3.8) is 0 Å². The van der Waals surface area contributed by atoms with Gasteiger partial charge in [-0.1, -0.05) is 27.7 Å². The van der Waals surface area contributed by atoms with Crippen LogP contribution in [0.2, 0.25) is 0 Å². The quantitative estimate of drug-likeness (QED) is 0.608. The number of rotatable bonds is 2. The van der Waals surface area contributed by atoms with Crippen molar-refractivity contribution in [1.82, 2.24) is 0 Å². The molecule has 0 aliphatic rings. The average molecular weight is 272 g/mol. The van der Waals surface area contributed by atoms with Gasteiger partial charge < -0.3 is 10.5 Å². The summed E-state index contributed by atoms with van der Waals surface area (Å²) in [4.78, 5) is 13.8. The van der Waals surface area contributed by atoms with Crippen LogP contribution < -0.4 is 5.73 Å². The molecule has 0 saturated heterocycles. The molecule has 0 bridgehead atoms. The molecular weight excluding hydrogens is 236 g/mol. The molecule has 0 aromatic carbocycles. The Kier molecular flexibility index (Phi) is 13.7. The molecular formula is C16H36N2O. The van der Waals surface area contributed by atoms with Crippen molar-refractivity contribution < 1.29 is 4.79 Å². The highest BCUT2D eigenvalue weighted by atomic mass is 16.1. The Morgan fingerprint density at radius 3 is 1.21 bits per heavy atom. The minimum absolute atomic E-state index is 0. The lowest BCUT2D eigenvalue weighted by molar-refractivity contribution is -0.110. The fourth-order valence-corrected chi connectivity index (χ4v) is 0.373. The Morgan fingerprint density at radius 1 is 0.895 bits per heavy atom. The number of nitrogens with zero attached hydrogens (tertiary/aromatic N) is 1. The zero-order chi connectivity index (χ0) is 16.3. The molecule has 19 heavy (non-hydrogen) atoms. The predicted molar refractivity (Wildman–Crippen MR) is 87.9 cm³/mol. The van der Waals surface area contributed by atoms with Crippen LogP contribution in [-0.4, -0.2) is 23.6 Å². The molecule has 2 N–H and O–H groups in total. The Labute approximate surface area is 121 Å². The zero-order valence-corrected chi connectivity index (χ0v) is 14.7. The number of hydrogen-bond donors (Lipinski definition) is 1. The number of aliphatic imine (C=N–C) groups is 1. The van der Waals surface area contributed by atoms with Crippen molar-refractivity contribution in [1.29, 1.82) is 0 Å². The van der Waals surface area contributed by atoms with Crippen molar-refractivity contribution in [3.8, 4) is 0 Å². The van der Waals surface area contributed by atoms with Gasteiger partial charge in [0.2, 0.25) is 0 Å². The summed E-state index contributed by atoms with van der Waals surface area (Å²) in [5.74, 6) is 0.777. The van der Waals surface area contributed by atoms with Crippen LogP contribution in [0.3, 0.4) is 0 Å². The molecule has 0 aliphatic carbocycles. The molecule has 0 unspecified atom stereocenters. The second kappa shape index (κ2) is 11.2. The third-order valence-corrected chi connectivity index (χ3v) is 1.03. The van der Waals surface area contributed by atoms with E-state index in [1.54, 1.807) is 0 Å². The van der Waals surface area contributed by atoms with Crippen LogP contribution in [0, 0.1) is 11.8 Å². The van der Waals surface area contributed by atoms with E-state index in [9.17, 15) is 4.79 Å². The largest absolute Gasteiger partial charge is 0.326 e. The van der Waals surface area contributed by atoms with Gasteiger partial charge >= 0.3 is 0 Å². The normalized spacial score (nSPS) is 11.8. The van der Waals surface area contributed by atoms with E-state index in [4.69, 9.17) is 5.73 Å². The maximum absolute atomic E-state index is 9.50. The predicted octanol–water partition coefficient (Wildman–Crippen LogP) is 4.10. The molecule has 0 atom stereocenters. The van der Waals surface area contributed by atoms with E-state index in [2.05, 4.69) is 39.6 Å². The van der Waals surface area contributed by atoms with Crippen molar-refractivity contribution in [2.24, 2.45) is 22.6 Å². The van der Waals surface area contributed by atoms with E-state index in [1.165, 1.54) is 0 Å². The molecule has 0 amide bonds. The zero-order valence-electron chi connectivity index (χ0n) is 14.7. The Morgan fingerprint density at radius 2 is 1.16 bits per heavy atom. The van der Waals surface area contributed by atoms with Crippen LogP contribution in [0.25, 0.3) is 0 Å². The molecule has 0 aliphatic heterocycles. The smallest absolute Gasteiger partial charge is 0.122 e. The monoisotopic (exact) mass is 272 g/mol. The summed E-state index contributed by atoms with van der Waals surface area (Å²) in [6.07, 6.45) is 2.92. The summed E-state index contributed by atoms with van der Waals surface area (Å²) in [5.41, 5.74) is 5.46. The van der Waals surface area contributed by atoms with E-state index >= 15 is 0 Å². The van der Waals surface area contributed by atoms with E-state index in [0.717, 1.165) is 6.29 Å². The summed E-state index contributed by atoms with van der Waals surface area (Å²) < 4.78 is 0.